The third-order valence-electron chi connectivity index (χ3n) is 3.16. The lowest BCUT2D eigenvalue weighted by Gasteiger charge is -2.07. The van der Waals surface area contributed by atoms with E-state index in [0.717, 1.165) is 12.1 Å². The van der Waals surface area contributed by atoms with E-state index in [4.69, 9.17) is 4.74 Å². The number of aromatic nitrogens is 1. The normalized spacial score (nSPS) is 19.6. The van der Waals surface area contributed by atoms with Gasteiger partial charge in [-0.2, -0.15) is 0 Å². The molecule has 22 heavy (non-hydrogen) atoms. The van der Waals surface area contributed by atoms with Gasteiger partial charge in [-0.05, 0) is 30.7 Å². The zero-order valence-corrected chi connectivity index (χ0v) is 11.2. The van der Waals surface area contributed by atoms with Crippen LogP contribution in [0.15, 0.2) is 36.5 Å². The summed E-state index contributed by atoms with van der Waals surface area (Å²) in [6, 6.07) is 6.13. The highest BCUT2D eigenvalue weighted by atomic mass is 19.2. The summed E-state index contributed by atoms with van der Waals surface area (Å²) < 4.78 is 43.9. The van der Waals surface area contributed by atoms with Crippen LogP contribution in [0.4, 0.5) is 19.0 Å². The zero-order chi connectivity index (χ0) is 15.7. The Labute approximate surface area is 123 Å². The number of nitrogens with zero attached hydrogens (tertiary/aromatic N) is 1. The van der Waals surface area contributed by atoms with E-state index in [1.807, 2.05) is 0 Å². The molecule has 0 radical (unpaired) electrons. The lowest BCUT2D eigenvalue weighted by molar-refractivity contribution is -0.117. The molecular weight excluding hydrogens is 297 g/mol. The van der Waals surface area contributed by atoms with E-state index in [1.54, 1.807) is 0 Å². The van der Waals surface area contributed by atoms with Crippen molar-refractivity contribution in [2.75, 3.05) is 5.32 Å². The van der Waals surface area contributed by atoms with Crippen LogP contribution in [0.3, 0.4) is 0 Å². The second-order valence-electron chi connectivity index (χ2n) is 4.90. The number of anilines is 1. The van der Waals surface area contributed by atoms with Crippen LogP contribution in [-0.4, -0.2) is 17.1 Å². The molecule has 3 rings (SSSR count). The highest BCUT2D eigenvalue weighted by Crippen LogP contribution is 2.34. The first-order chi connectivity index (χ1) is 10.5. The minimum absolute atomic E-state index is 0.121. The van der Waals surface area contributed by atoms with E-state index in [0.29, 0.717) is 5.75 Å². The van der Waals surface area contributed by atoms with Crippen LogP contribution in [0.25, 0.3) is 0 Å². The Morgan fingerprint density at radius 1 is 1.18 bits per heavy atom. The molecule has 1 amide bonds. The average Bonchev–Trinajstić information content (AvgIpc) is 3.22. The van der Waals surface area contributed by atoms with Crippen LogP contribution in [0.1, 0.15) is 6.42 Å². The minimum atomic E-state index is -1.07. The van der Waals surface area contributed by atoms with Crippen molar-refractivity contribution in [2.24, 2.45) is 5.92 Å². The first kappa shape index (κ1) is 14.4. The lowest BCUT2D eigenvalue weighted by atomic mass is 10.3. The predicted octanol–water partition coefficient (Wildman–Crippen LogP) is 3.45. The molecule has 2 aromatic rings. The summed E-state index contributed by atoms with van der Waals surface area (Å²) in [6.07, 6.45) is 0.482. The smallest absolute Gasteiger partial charge is 0.231 e. The first-order valence-corrected chi connectivity index (χ1v) is 6.57. The van der Waals surface area contributed by atoms with E-state index in [9.17, 15) is 18.0 Å². The Bertz CT molecular complexity index is 706. The fourth-order valence-corrected chi connectivity index (χ4v) is 1.85. The maximum atomic E-state index is 13.1. The van der Waals surface area contributed by atoms with Crippen LogP contribution in [0, 0.1) is 17.6 Å². The van der Waals surface area contributed by atoms with Crippen molar-refractivity contribution in [2.45, 2.75) is 12.6 Å². The van der Waals surface area contributed by atoms with Crippen molar-refractivity contribution >= 4 is 11.7 Å². The van der Waals surface area contributed by atoms with Crippen LogP contribution in [0.2, 0.25) is 0 Å². The lowest BCUT2D eigenvalue weighted by Crippen LogP contribution is -2.15. The van der Waals surface area contributed by atoms with E-state index < -0.39 is 29.6 Å². The monoisotopic (exact) mass is 308 g/mol. The largest absolute Gasteiger partial charge is 0.456 e. The molecule has 1 N–H and O–H groups in total. The van der Waals surface area contributed by atoms with Crippen molar-refractivity contribution in [3.63, 3.8) is 0 Å². The number of amides is 1. The molecule has 1 fully saturated rings. The van der Waals surface area contributed by atoms with Gasteiger partial charge in [0.25, 0.3) is 0 Å². The number of nitrogens with one attached hydrogen (secondary N) is 1. The molecule has 1 saturated carbocycles. The maximum Gasteiger partial charge on any atom is 0.231 e. The van der Waals surface area contributed by atoms with E-state index in [-0.39, 0.29) is 18.0 Å². The van der Waals surface area contributed by atoms with Crippen LogP contribution in [0.5, 0.6) is 11.5 Å². The van der Waals surface area contributed by atoms with Gasteiger partial charge < -0.3 is 10.1 Å². The Balaban J connectivity index is 1.63. The number of hydrogen-bond acceptors (Lipinski definition) is 3. The molecule has 2 atom stereocenters. The first-order valence-electron chi connectivity index (χ1n) is 6.57. The van der Waals surface area contributed by atoms with Gasteiger partial charge in [0.15, 0.2) is 11.6 Å². The van der Waals surface area contributed by atoms with Gasteiger partial charge in [-0.3, -0.25) is 4.79 Å². The fraction of sp³-hybridized carbons (Fsp3) is 0.200. The number of benzene rings is 1. The third kappa shape index (κ3) is 3.19. The molecule has 0 saturated heterocycles. The van der Waals surface area contributed by atoms with Crippen molar-refractivity contribution in [1.29, 1.82) is 0 Å². The summed E-state index contributed by atoms with van der Waals surface area (Å²) in [5, 5.41) is 2.49. The molecule has 0 bridgehead atoms. The number of ether oxygens (including phenoxy) is 1. The van der Waals surface area contributed by atoms with Crippen LogP contribution in [-0.2, 0) is 4.79 Å². The summed E-state index contributed by atoms with van der Waals surface area (Å²) in [7, 11) is 0. The molecule has 0 aliphatic heterocycles. The Morgan fingerprint density at radius 3 is 2.50 bits per heavy atom. The average molecular weight is 308 g/mol. The Hall–Kier alpha value is -2.57. The summed E-state index contributed by atoms with van der Waals surface area (Å²) >= 11 is 0. The molecule has 7 heteroatoms. The SMILES string of the molecule is O=C(Nc1ccc(Oc2ccc(F)c(F)c2)cn1)[C@@H]1C[C@H]1F. The summed E-state index contributed by atoms with van der Waals surface area (Å²) in [5.74, 6) is -2.31. The van der Waals surface area contributed by atoms with Gasteiger partial charge in [-0.25, -0.2) is 18.2 Å². The van der Waals surface area contributed by atoms with E-state index >= 15 is 0 Å². The van der Waals surface area contributed by atoms with Crippen LogP contribution < -0.4 is 10.1 Å². The third-order valence-corrected chi connectivity index (χ3v) is 3.16. The highest BCUT2D eigenvalue weighted by molar-refractivity contribution is 5.94. The molecule has 1 aliphatic carbocycles. The molecule has 0 spiro atoms. The Kier molecular flexibility index (Phi) is 3.70. The maximum absolute atomic E-state index is 13.1. The van der Waals surface area contributed by atoms with Crippen molar-refractivity contribution < 1.29 is 22.7 Å². The zero-order valence-electron chi connectivity index (χ0n) is 11.2. The number of halogens is 3. The highest BCUT2D eigenvalue weighted by Gasteiger charge is 2.43. The standard InChI is InChI=1S/C15H11F3N2O2/c16-11-3-1-8(5-13(11)18)22-9-2-4-14(19-7-9)20-15(21)10-6-12(10)17/h1-5,7,10,12H,6H2,(H,19,20,21)/t10-,12-/m1/s1. The number of pyridine rings is 1. The second-order valence-corrected chi connectivity index (χ2v) is 4.90. The van der Waals surface area contributed by atoms with Gasteiger partial charge in [0.1, 0.15) is 23.5 Å². The van der Waals surface area contributed by atoms with Gasteiger partial charge in [-0.15, -0.1) is 0 Å². The van der Waals surface area contributed by atoms with E-state index in [2.05, 4.69) is 10.3 Å². The number of carbonyl (C=O) groups is 1. The molecular formula is C15H11F3N2O2. The molecule has 1 aromatic heterocycles. The van der Waals surface area contributed by atoms with Gasteiger partial charge in [-0.1, -0.05) is 0 Å². The molecule has 114 valence electrons. The van der Waals surface area contributed by atoms with Gasteiger partial charge in [0, 0.05) is 6.07 Å². The summed E-state index contributed by atoms with van der Waals surface area (Å²) in [5.41, 5.74) is 0. The van der Waals surface area contributed by atoms with Crippen molar-refractivity contribution in [3.8, 4) is 11.5 Å². The quantitative estimate of drug-likeness (QED) is 0.941. The van der Waals surface area contributed by atoms with Crippen molar-refractivity contribution in [3.05, 3.63) is 48.2 Å². The number of alkyl halides is 1. The second kappa shape index (κ2) is 5.67. The van der Waals surface area contributed by atoms with E-state index in [1.165, 1.54) is 24.4 Å². The number of carbonyl (C=O) groups excluding carboxylic acids is 1. The summed E-state index contributed by atoms with van der Waals surface area (Å²) in [6.45, 7) is 0. The fourth-order valence-electron chi connectivity index (χ4n) is 1.85. The number of hydrogen-bond donors (Lipinski definition) is 1. The topological polar surface area (TPSA) is 51.2 Å². The molecule has 1 aromatic carbocycles. The minimum Gasteiger partial charge on any atom is -0.456 e. The van der Waals surface area contributed by atoms with Gasteiger partial charge in [0.2, 0.25) is 5.91 Å². The van der Waals surface area contributed by atoms with Crippen LogP contribution >= 0.6 is 0 Å². The van der Waals surface area contributed by atoms with Crippen molar-refractivity contribution in [1.82, 2.24) is 4.98 Å². The molecule has 1 aliphatic rings. The molecule has 1 heterocycles. The summed E-state index contributed by atoms with van der Waals surface area (Å²) in [4.78, 5) is 15.5. The van der Waals surface area contributed by atoms with Gasteiger partial charge in [0.05, 0.1) is 12.1 Å². The Morgan fingerprint density at radius 2 is 1.91 bits per heavy atom. The molecule has 0 unspecified atom stereocenters. The van der Waals surface area contributed by atoms with Gasteiger partial charge >= 0.3 is 0 Å². The predicted molar refractivity (Wildman–Crippen MR) is 72.3 cm³/mol. The number of rotatable bonds is 4. The molecule has 4 nitrogen and oxygen atoms in total.